The number of rotatable bonds is 3. The summed E-state index contributed by atoms with van der Waals surface area (Å²) >= 11 is 0. The number of hydrogen-bond donors (Lipinski definition) is 1. The molecular weight excluding hydrogens is 310 g/mol. The Bertz CT molecular complexity index is 889. The maximum atomic E-state index is 13.2. The van der Waals surface area contributed by atoms with Crippen LogP contribution < -0.4 is 10.2 Å². The highest BCUT2D eigenvalue weighted by atomic mass is 16.2. The number of nitrogens with zero attached hydrogens (tertiary/aromatic N) is 2. The lowest BCUT2D eigenvalue weighted by atomic mass is 9.88. The minimum Gasteiger partial charge on any atom is -0.315 e. The Morgan fingerprint density at radius 1 is 1.08 bits per heavy atom. The van der Waals surface area contributed by atoms with E-state index in [1.165, 1.54) is 5.56 Å². The van der Waals surface area contributed by atoms with Gasteiger partial charge in [-0.15, -0.1) is 0 Å². The van der Waals surface area contributed by atoms with E-state index in [-0.39, 0.29) is 17.7 Å². The molecule has 1 aliphatic heterocycles. The lowest BCUT2D eigenvalue weighted by Crippen LogP contribution is -2.36. The van der Waals surface area contributed by atoms with Gasteiger partial charge in [0.1, 0.15) is 0 Å². The number of carbonyl (C=O) groups is 1. The van der Waals surface area contributed by atoms with Crippen molar-refractivity contribution in [1.29, 1.82) is 0 Å². The molecule has 1 N–H and O–H groups in total. The summed E-state index contributed by atoms with van der Waals surface area (Å²) in [4.78, 5) is 19.2. The number of carbonyl (C=O) groups excluding carboxylic acids is 1. The fourth-order valence-corrected chi connectivity index (χ4v) is 3.75. The van der Waals surface area contributed by atoms with Crippen LogP contribution in [0.3, 0.4) is 0 Å². The van der Waals surface area contributed by atoms with Gasteiger partial charge in [-0.1, -0.05) is 42.5 Å². The number of nitrogens with one attached hydrogen (secondary N) is 1. The molecule has 1 aliphatic rings. The fraction of sp³-hybridized carbons (Fsp3) is 0.238. The van der Waals surface area contributed by atoms with Gasteiger partial charge in [0.2, 0.25) is 5.91 Å². The van der Waals surface area contributed by atoms with Crippen LogP contribution in [0.15, 0.2) is 67.0 Å². The van der Waals surface area contributed by atoms with Crippen molar-refractivity contribution in [2.24, 2.45) is 5.92 Å². The maximum Gasteiger partial charge on any atom is 0.231 e. The van der Waals surface area contributed by atoms with E-state index in [9.17, 15) is 4.79 Å². The summed E-state index contributed by atoms with van der Waals surface area (Å²) in [5, 5.41) is 5.48. The van der Waals surface area contributed by atoms with Gasteiger partial charge in [0.15, 0.2) is 0 Å². The molecule has 25 heavy (non-hydrogen) atoms. The normalized spacial score (nSPS) is 19.9. The van der Waals surface area contributed by atoms with Gasteiger partial charge in [-0.05, 0) is 17.7 Å². The van der Waals surface area contributed by atoms with Crippen LogP contribution in [-0.2, 0) is 4.79 Å². The van der Waals surface area contributed by atoms with Crippen LogP contribution in [-0.4, -0.2) is 31.0 Å². The van der Waals surface area contributed by atoms with E-state index in [0.717, 1.165) is 29.5 Å². The predicted octanol–water partition coefficient (Wildman–Crippen LogP) is 3.20. The first kappa shape index (κ1) is 15.8. The summed E-state index contributed by atoms with van der Waals surface area (Å²) < 4.78 is 0. The van der Waals surface area contributed by atoms with Gasteiger partial charge in [0.05, 0.1) is 11.6 Å². The third-order valence-electron chi connectivity index (χ3n) is 5.11. The van der Waals surface area contributed by atoms with E-state index in [1.54, 1.807) is 11.1 Å². The topological polar surface area (TPSA) is 45.2 Å². The van der Waals surface area contributed by atoms with Crippen LogP contribution in [0.2, 0.25) is 0 Å². The minimum atomic E-state index is -0.0514. The van der Waals surface area contributed by atoms with Crippen LogP contribution >= 0.6 is 0 Å². The van der Waals surface area contributed by atoms with Gasteiger partial charge in [0, 0.05) is 49.2 Å². The number of benzene rings is 2. The van der Waals surface area contributed by atoms with E-state index in [0.29, 0.717) is 0 Å². The maximum absolute atomic E-state index is 13.2. The third-order valence-corrected chi connectivity index (χ3v) is 5.11. The molecular formula is C21H21N3O. The van der Waals surface area contributed by atoms with Crippen molar-refractivity contribution < 1.29 is 4.79 Å². The van der Waals surface area contributed by atoms with Crippen molar-refractivity contribution in [2.75, 3.05) is 25.0 Å². The Balaban J connectivity index is 1.65. The molecule has 126 valence electrons. The molecule has 4 rings (SSSR count). The molecule has 1 fully saturated rings. The van der Waals surface area contributed by atoms with Gasteiger partial charge < -0.3 is 10.2 Å². The average Bonchev–Trinajstić information content (AvgIpc) is 3.17. The summed E-state index contributed by atoms with van der Waals surface area (Å²) in [5.74, 6) is 0.320. The molecule has 2 atom stereocenters. The van der Waals surface area contributed by atoms with Crippen molar-refractivity contribution in [3.63, 3.8) is 0 Å². The second kappa shape index (κ2) is 6.65. The number of aromatic nitrogens is 1. The summed E-state index contributed by atoms with van der Waals surface area (Å²) in [5.41, 5.74) is 2.16. The molecule has 2 aromatic carbocycles. The highest BCUT2D eigenvalue weighted by Gasteiger charge is 2.36. The van der Waals surface area contributed by atoms with Crippen LogP contribution in [0.4, 0.5) is 5.69 Å². The summed E-state index contributed by atoms with van der Waals surface area (Å²) in [7, 11) is 1.87. The van der Waals surface area contributed by atoms with Crippen LogP contribution in [0.1, 0.15) is 11.5 Å². The van der Waals surface area contributed by atoms with Gasteiger partial charge >= 0.3 is 0 Å². The fourth-order valence-electron chi connectivity index (χ4n) is 3.75. The highest BCUT2D eigenvalue weighted by molar-refractivity contribution is 6.04. The molecule has 4 heteroatoms. The summed E-state index contributed by atoms with van der Waals surface area (Å²) in [6.07, 6.45) is 3.61. The molecule has 0 unspecified atom stereocenters. The molecule has 1 amide bonds. The molecule has 0 spiro atoms. The van der Waals surface area contributed by atoms with Gasteiger partial charge in [-0.3, -0.25) is 9.78 Å². The summed E-state index contributed by atoms with van der Waals surface area (Å²) in [6.45, 7) is 1.56. The quantitative estimate of drug-likeness (QED) is 0.802. The van der Waals surface area contributed by atoms with Crippen molar-refractivity contribution in [3.05, 3.63) is 72.6 Å². The Hall–Kier alpha value is -2.72. The first-order chi connectivity index (χ1) is 12.3. The average molecular weight is 331 g/mol. The zero-order chi connectivity index (χ0) is 17.2. The Kier molecular flexibility index (Phi) is 4.20. The number of pyridine rings is 1. The van der Waals surface area contributed by atoms with Crippen molar-refractivity contribution in [1.82, 2.24) is 10.3 Å². The van der Waals surface area contributed by atoms with Gasteiger partial charge in [-0.2, -0.15) is 0 Å². The molecule has 1 saturated heterocycles. The predicted molar refractivity (Wildman–Crippen MR) is 101 cm³/mol. The highest BCUT2D eigenvalue weighted by Crippen LogP contribution is 2.32. The molecule has 2 heterocycles. The van der Waals surface area contributed by atoms with Crippen molar-refractivity contribution in [3.8, 4) is 0 Å². The van der Waals surface area contributed by atoms with Gasteiger partial charge in [-0.25, -0.2) is 0 Å². The van der Waals surface area contributed by atoms with E-state index in [2.05, 4.69) is 22.4 Å². The number of amides is 1. The summed E-state index contributed by atoms with van der Waals surface area (Å²) in [6, 6.07) is 18.3. The zero-order valence-corrected chi connectivity index (χ0v) is 14.2. The first-order valence-corrected chi connectivity index (χ1v) is 8.61. The van der Waals surface area contributed by atoms with Crippen LogP contribution in [0.5, 0.6) is 0 Å². The Labute approximate surface area is 147 Å². The molecule has 0 saturated carbocycles. The lowest BCUT2D eigenvalue weighted by Gasteiger charge is -2.26. The second-order valence-corrected chi connectivity index (χ2v) is 6.55. The number of anilines is 1. The van der Waals surface area contributed by atoms with E-state index in [4.69, 9.17) is 0 Å². The third kappa shape index (κ3) is 2.89. The second-order valence-electron chi connectivity index (χ2n) is 6.55. The van der Waals surface area contributed by atoms with Gasteiger partial charge in [0.25, 0.3) is 0 Å². The Morgan fingerprint density at radius 2 is 1.92 bits per heavy atom. The molecule has 0 bridgehead atoms. The number of fused-ring (bicyclic) bond motifs is 1. The van der Waals surface area contributed by atoms with Crippen molar-refractivity contribution >= 4 is 22.4 Å². The largest absolute Gasteiger partial charge is 0.315 e. The van der Waals surface area contributed by atoms with E-state index < -0.39 is 0 Å². The van der Waals surface area contributed by atoms with Crippen LogP contribution in [0, 0.1) is 5.92 Å². The van der Waals surface area contributed by atoms with Crippen molar-refractivity contribution in [2.45, 2.75) is 5.92 Å². The smallest absolute Gasteiger partial charge is 0.231 e. The minimum absolute atomic E-state index is 0.0514. The number of hydrogen-bond acceptors (Lipinski definition) is 3. The Morgan fingerprint density at radius 3 is 2.76 bits per heavy atom. The monoisotopic (exact) mass is 331 g/mol. The standard InChI is InChI=1S/C21H21N3O/c1-24(20-9-5-8-16-12-22-11-10-17(16)20)21(25)19-14-23-13-18(19)15-6-3-2-4-7-15/h2-12,18-19,23H,13-14H2,1H3/t18-,19-/m1/s1. The first-order valence-electron chi connectivity index (χ1n) is 8.61. The molecule has 3 aromatic rings. The molecule has 0 radical (unpaired) electrons. The van der Waals surface area contributed by atoms with E-state index >= 15 is 0 Å². The van der Waals surface area contributed by atoms with Crippen LogP contribution in [0.25, 0.3) is 10.8 Å². The molecule has 0 aliphatic carbocycles. The SMILES string of the molecule is CN(C(=O)[C@@H]1CNC[C@@H]1c1ccccc1)c1cccc2cnccc12. The zero-order valence-electron chi connectivity index (χ0n) is 14.2. The molecule has 1 aromatic heterocycles. The van der Waals surface area contributed by atoms with E-state index in [1.807, 2.05) is 55.7 Å². The molecule has 4 nitrogen and oxygen atoms in total. The lowest BCUT2D eigenvalue weighted by molar-refractivity contribution is -0.121.